The summed E-state index contributed by atoms with van der Waals surface area (Å²) in [5.74, 6) is 0.707. The van der Waals surface area contributed by atoms with Crippen molar-refractivity contribution in [3.05, 3.63) is 103 Å². The number of H-pyrrole nitrogens is 2. The minimum absolute atomic E-state index is 0.484. The van der Waals surface area contributed by atoms with Crippen molar-refractivity contribution in [3.63, 3.8) is 0 Å². The van der Waals surface area contributed by atoms with Gasteiger partial charge in [0.1, 0.15) is 18.1 Å². The van der Waals surface area contributed by atoms with Crippen LogP contribution in [-0.4, -0.2) is 30.1 Å². The SMILES string of the molecule is c1ccc(COc2cncc(-c3cnc4[nH]nc(-c5cc6c(-c7cccs7)cncc6[nH]5)c4c3)c2)cc1. The quantitative estimate of drug-likeness (QED) is 0.260. The van der Waals surface area contributed by atoms with E-state index in [-0.39, 0.29) is 0 Å². The van der Waals surface area contributed by atoms with Gasteiger partial charge in [0.15, 0.2) is 5.65 Å². The minimum atomic E-state index is 0.484. The maximum Gasteiger partial charge on any atom is 0.155 e. The van der Waals surface area contributed by atoms with E-state index in [9.17, 15) is 0 Å². The molecule has 0 aliphatic heterocycles. The average Bonchev–Trinajstić information content (AvgIpc) is 3.71. The van der Waals surface area contributed by atoms with Crippen molar-refractivity contribution in [2.24, 2.45) is 0 Å². The van der Waals surface area contributed by atoms with Gasteiger partial charge in [0.05, 0.1) is 23.6 Å². The Morgan fingerprint density at radius 1 is 0.811 bits per heavy atom. The van der Waals surface area contributed by atoms with E-state index in [0.717, 1.165) is 55.6 Å². The Kier molecular flexibility index (Phi) is 5.22. The molecule has 0 fully saturated rings. The molecule has 0 unspecified atom stereocenters. The standard InChI is InChI=1S/C29H20N6OS/c1-2-5-18(6-3-1)17-36-21-9-19(12-30-14-21)20-10-23-28(34-35-29(23)32-13-20)25-11-22-24(27-7-4-8-37-27)15-31-16-26(22)33-25/h1-16,33H,17H2,(H,32,34,35). The van der Waals surface area contributed by atoms with Gasteiger partial charge in [-0.3, -0.25) is 15.1 Å². The van der Waals surface area contributed by atoms with Gasteiger partial charge in [-0.1, -0.05) is 36.4 Å². The number of benzene rings is 1. The number of fused-ring (bicyclic) bond motifs is 2. The van der Waals surface area contributed by atoms with Crippen LogP contribution in [0.3, 0.4) is 0 Å². The number of hydrogen-bond donors (Lipinski definition) is 2. The molecular formula is C29H20N6OS. The zero-order valence-corrected chi connectivity index (χ0v) is 20.4. The molecule has 0 aliphatic rings. The second-order valence-corrected chi connectivity index (χ2v) is 9.63. The predicted octanol–water partition coefficient (Wildman–Crippen LogP) is 6.87. The molecule has 2 N–H and O–H groups in total. The van der Waals surface area contributed by atoms with Crippen LogP contribution in [-0.2, 0) is 6.61 Å². The lowest BCUT2D eigenvalue weighted by molar-refractivity contribution is 0.305. The number of pyridine rings is 3. The Balaban J connectivity index is 1.24. The van der Waals surface area contributed by atoms with Crippen LogP contribution in [0.15, 0.2) is 97.0 Å². The number of thiophene rings is 1. The summed E-state index contributed by atoms with van der Waals surface area (Å²) in [5, 5.41) is 11.8. The molecule has 7 rings (SSSR count). The summed E-state index contributed by atoms with van der Waals surface area (Å²) in [7, 11) is 0. The largest absolute Gasteiger partial charge is 0.487 e. The molecule has 7 nitrogen and oxygen atoms in total. The molecule has 0 bridgehead atoms. The van der Waals surface area contributed by atoms with E-state index in [2.05, 4.69) is 59.8 Å². The Labute approximate surface area is 215 Å². The number of ether oxygens (including phenoxy) is 1. The highest BCUT2D eigenvalue weighted by Gasteiger charge is 2.16. The minimum Gasteiger partial charge on any atom is -0.487 e. The van der Waals surface area contributed by atoms with Crippen LogP contribution in [0.25, 0.3) is 54.9 Å². The summed E-state index contributed by atoms with van der Waals surface area (Å²) in [6.07, 6.45) is 9.13. The monoisotopic (exact) mass is 500 g/mol. The molecule has 7 aromatic rings. The van der Waals surface area contributed by atoms with Crippen LogP contribution in [0.2, 0.25) is 0 Å². The van der Waals surface area contributed by atoms with Gasteiger partial charge in [0.2, 0.25) is 0 Å². The topological polar surface area (TPSA) is 92.4 Å². The molecule has 0 radical (unpaired) electrons. The summed E-state index contributed by atoms with van der Waals surface area (Å²) in [6, 6.07) is 20.5. The van der Waals surface area contributed by atoms with E-state index in [0.29, 0.717) is 12.4 Å². The fourth-order valence-electron chi connectivity index (χ4n) is 4.47. The van der Waals surface area contributed by atoms with Crippen LogP contribution in [0.5, 0.6) is 5.75 Å². The number of hydrogen-bond acceptors (Lipinski definition) is 6. The first-order chi connectivity index (χ1) is 18.3. The third kappa shape index (κ3) is 4.03. The molecule has 0 aliphatic carbocycles. The van der Waals surface area contributed by atoms with E-state index in [4.69, 9.17) is 4.74 Å². The molecule has 37 heavy (non-hydrogen) atoms. The molecule has 6 aromatic heterocycles. The fourth-order valence-corrected chi connectivity index (χ4v) is 5.22. The van der Waals surface area contributed by atoms with Crippen molar-refractivity contribution in [1.29, 1.82) is 0 Å². The summed E-state index contributed by atoms with van der Waals surface area (Å²) in [5.41, 5.74) is 7.47. The molecule has 0 amide bonds. The van der Waals surface area contributed by atoms with Crippen LogP contribution in [0.1, 0.15) is 5.56 Å². The van der Waals surface area contributed by atoms with Gasteiger partial charge in [-0.2, -0.15) is 5.10 Å². The molecule has 0 spiro atoms. The van der Waals surface area contributed by atoms with Crippen molar-refractivity contribution >= 4 is 33.3 Å². The summed E-state index contributed by atoms with van der Waals surface area (Å²) in [4.78, 5) is 18.1. The number of nitrogens with zero attached hydrogens (tertiary/aromatic N) is 4. The van der Waals surface area contributed by atoms with Gasteiger partial charge < -0.3 is 9.72 Å². The van der Waals surface area contributed by atoms with Crippen molar-refractivity contribution < 1.29 is 4.74 Å². The number of rotatable bonds is 6. The van der Waals surface area contributed by atoms with E-state index < -0.39 is 0 Å². The third-order valence-electron chi connectivity index (χ3n) is 6.30. The summed E-state index contributed by atoms with van der Waals surface area (Å²) < 4.78 is 5.98. The maximum absolute atomic E-state index is 5.98. The second kappa shape index (κ2) is 9.00. The highest BCUT2D eigenvalue weighted by molar-refractivity contribution is 7.13. The van der Waals surface area contributed by atoms with Crippen LogP contribution >= 0.6 is 11.3 Å². The maximum atomic E-state index is 5.98. The van der Waals surface area contributed by atoms with Crippen LogP contribution < -0.4 is 4.74 Å². The van der Waals surface area contributed by atoms with E-state index in [1.54, 1.807) is 17.5 Å². The Morgan fingerprint density at radius 3 is 2.59 bits per heavy atom. The summed E-state index contributed by atoms with van der Waals surface area (Å²) in [6.45, 7) is 0.484. The molecule has 0 saturated heterocycles. The molecular weight excluding hydrogens is 480 g/mol. The highest BCUT2D eigenvalue weighted by atomic mass is 32.1. The van der Waals surface area contributed by atoms with Gasteiger partial charge in [-0.25, -0.2) is 4.98 Å². The van der Waals surface area contributed by atoms with E-state index >= 15 is 0 Å². The van der Waals surface area contributed by atoms with Crippen molar-refractivity contribution in [2.45, 2.75) is 6.61 Å². The smallest absolute Gasteiger partial charge is 0.155 e. The first-order valence-electron chi connectivity index (χ1n) is 11.8. The highest BCUT2D eigenvalue weighted by Crippen LogP contribution is 2.35. The number of aromatic nitrogens is 6. The zero-order valence-electron chi connectivity index (χ0n) is 19.6. The lowest BCUT2D eigenvalue weighted by Crippen LogP contribution is -1.96. The molecule has 1 aromatic carbocycles. The Morgan fingerprint density at radius 2 is 1.70 bits per heavy atom. The van der Waals surface area contributed by atoms with Gasteiger partial charge in [0.25, 0.3) is 0 Å². The first-order valence-corrected chi connectivity index (χ1v) is 12.7. The Bertz CT molecular complexity index is 1840. The molecule has 178 valence electrons. The molecule has 8 heteroatoms. The van der Waals surface area contributed by atoms with Crippen LogP contribution in [0, 0.1) is 0 Å². The van der Waals surface area contributed by atoms with Gasteiger partial charge in [-0.15, -0.1) is 11.3 Å². The van der Waals surface area contributed by atoms with Crippen LogP contribution in [0.4, 0.5) is 0 Å². The van der Waals surface area contributed by atoms with Crippen molar-refractivity contribution in [1.82, 2.24) is 30.1 Å². The lowest BCUT2D eigenvalue weighted by atomic mass is 10.1. The fraction of sp³-hybridized carbons (Fsp3) is 0.0345. The number of nitrogens with one attached hydrogen (secondary N) is 2. The zero-order chi connectivity index (χ0) is 24.6. The third-order valence-corrected chi connectivity index (χ3v) is 7.20. The molecule has 6 heterocycles. The predicted molar refractivity (Wildman–Crippen MR) is 146 cm³/mol. The van der Waals surface area contributed by atoms with E-state index in [1.165, 1.54) is 4.88 Å². The lowest BCUT2D eigenvalue weighted by Gasteiger charge is -2.08. The molecule has 0 saturated carbocycles. The second-order valence-electron chi connectivity index (χ2n) is 8.68. The normalized spacial score (nSPS) is 11.4. The Hall–Kier alpha value is -4.82. The first kappa shape index (κ1) is 21.5. The van der Waals surface area contributed by atoms with Crippen molar-refractivity contribution in [3.8, 4) is 38.7 Å². The summed E-state index contributed by atoms with van der Waals surface area (Å²) >= 11 is 1.70. The number of aromatic amines is 2. The van der Waals surface area contributed by atoms with Gasteiger partial charge in [0, 0.05) is 50.9 Å². The van der Waals surface area contributed by atoms with Gasteiger partial charge in [-0.05, 0) is 35.2 Å². The average molecular weight is 501 g/mol. The van der Waals surface area contributed by atoms with Crippen molar-refractivity contribution in [2.75, 3.05) is 0 Å². The van der Waals surface area contributed by atoms with E-state index in [1.807, 2.05) is 61.2 Å². The molecule has 0 atom stereocenters. The van der Waals surface area contributed by atoms with Gasteiger partial charge >= 0.3 is 0 Å².